The number of hydrogen-bond donors (Lipinski definition) is 1. The molecule has 1 saturated heterocycles. The Balaban J connectivity index is 0.00000280. The molecule has 0 spiro atoms. The Kier molecular flexibility index (Phi) is 8.17. The number of hydrogen-bond acceptors (Lipinski definition) is 3. The molecule has 0 bridgehead atoms. The second-order valence-corrected chi connectivity index (χ2v) is 6.76. The lowest BCUT2D eigenvalue weighted by molar-refractivity contribution is -0.00803. The van der Waals surface area contributed by atoms with Gasteiger partial charge in [0.15, 0.2) is 17.6 Å². The third kappa shape index (κ3) is 5.40. The third-order valence-electron chi connectivity index (χ3n) is 4.75. The van der Waals surface area contributed by atoms with Crippen LogP contribution in [0.1, 0.15) is 30.1 Å². The summed E-state index contributed by atoms with van der Waals surface area (Å²) < 4.78 is 34.2. The monoisotopic (exact) mass is 505 g/mol. The Morgan fingerprint density at radius 3 is 2.82 bits per heavy atom. The van der Waals surface area contributed by atoms with Crippen LogP contribution in [0.2, 0.25) is 0 Å². The molecule has 3 rings (SSSR count). The molecule has 1 aromatic carbocycles. The zero-order valence-electron chi connectivity index (χ0n) is 16.2. The number of benzene rings is 1. The van der Waals surface area contributed by atoms with Crippen molar-refractivity contribution in [2.24, 2.45) is 12.0 Å². The molecule has 6 nitrogen and oxygen atoms in total. The predicted molar refractivity (Wildman–Crippen MR) is 115 cm³/mol. The molecule has 154 valence electrons. The molecule has 0 radical (unpaired) electrons. The molecule has 1 aliphatic rings. The van der Waals surface area contributed by atoms with Gasteiger partial charge in [0, 0.05) is 38.9 Å². The maximum Gasteiger partial charge on any atom is 0.193 e. The summed E-state index contributed by atoms with van der Waals surface area (Å²) in [5.74, 6) is -0.880. The zero-order chi connectivity index (χ0) is 19.4. The highest BCUT2D eigenvalue weighted by Gasteiger charge is 2.25. The van der Waals surface area contributed by atoms with E-state index < -0.39 is 11.6 Å². The van der Waals surface area contributed by atoms with Crippen molar-refractivity contribution in [3.05, 3.63) is 53.4 Å². The second kappa shape index (κ2) is 10.1. The Morgan fingerprint density at radius 2 is 2.18 bits per heavy atom. The van der Waals surface area contributed by atoms with Gasteiger partial charge in [0.1, 0.15) is 6.10 Å². The van der Waals surface area contributed by atoms with Gasteiger partial charge in [-0.25, -0.2) is 8.78 Å². The van der Waals surface area contributed by atoms with E-state index in [1.54, 1.807) is 17.8 Å². The summed E-state index contributed by atoms with van der Waals surface area (Å²) in [5, 5.41) is 7.54. The van der Waals surface area contributed by atoms with Gasteiger partial charge in [-0.05, 0) is 23.6 Å². The highest BCUT2D eigenvalue weighted by molar-refractivity contribution is 14.0. The van der Waals surface area contributed by atoms with Crippen LogP contribution in [-0.4, -0.2) is 53.9 Å². The van der Waals surface area contributed by atoms with E-state index in [1.165, 1.54) is 6.07 Å². The van der Waals surface area contributed by atoms with Crippen molar-refractivity contribution in [2.45, 2.75) is 18.9 Å². The fraction of sp³-hybridized carbons (Fsp3) is 0.474. The lowest BCUT2D eigenvalue weighted by Gasteiger charge is -2.35. The summed E-state index contributed by atoms with van der Waals surface area (Å²) >= 11 is 0. The molecule has 2 heterocycles. The van der Waals surface area contributed by atoms with Crippen molar-refractivity contribution in [3.8, 4) is 0 Å². The first-order valence-corrected chi connectivity index (χ1v) is 8.98. The molecular weight excluding hydrogens is 479 g/mol. The lowest BCUT2D eigenvalue weighted by Crippen LogP contribution is -2.48. The smallest absolute Gasteiger partial charge is 0.193 e. The summed E-state index contributed by atoms with van der Waals surface area (Å²) in [5.41, 5.74) is 1.78. The summed E-state index contributed by atoms with van der Waals surface area (Å²) in [6.07, 6.45) is 3.71. The number of aliphatic imine (C=N–C) groups is 1. The Hall–Kier alpha value is -1.75. The minimum atomic E-state index is -0.829. The topological polar surface area (TPSA) is 54.7 Å². The van der Waals surface area contributed by atoms with Crippen molar-refractivity contribution in [2.75, 3.05) is 33.3 Å². The van der Waals surface area contributed by atoms with E-state index in [2.05, 4.69) is 20.3 Å². The molecule has 1 aliphatic heterocycles. The van der Waals surface area contributed by atoms with Crippen molar-refractivity contribution in [3.63, 3.8) is 0 Å². The number of nitrogens with zero attached hydrogens (tertiary/aromatic N) is 4. The molecule has 2 unspecified atom stereocenters. The first-order valence-electron chi connectivity index (χ1n) is 8.98. The fourth-order valence-corrected chi connectivity index (χ4v) is 3.16. The molecule has 9 heteroatoms. The van der Waals surface area contributed by atoms with E-state index in [-0.39, 0.29) is 36.0 Å². The largest absolute Gasteiger partial charge is 0.370 e. The number of rotatable bonds is 4. The van der Waals surface area contributed by atoms with Crippen LogP contribution in [0.25, 0.3) is 0 Å². The van der Waals surface area contributed by atoms with Gasteiger partial charge in [-0.2, -0.15) is 5.10 Å². The fourth-order valence-electron chi connectivity index (χ4n) is 3.16. The van der Waals surface area contributed by atoms with E-state index in [0.717, 1.165) is 29.7 Å². The van der Waals surface area contributed by atoms with Gasteiger partial charge in [0.05, 0.1) is 19.3 Å². The van der Waals surface area contributed by atoms with Crippen molar-refractivity contribution >= 4 is 29.9 Å². The van der Waals surface area contributed by atoms with Gasteiger partial charge < -0.3 is 15.0 Å². The quantitative estimate of drug-likeness (QED) is 0.395. The Morgan fingerprint density at radius 1 is 1.39 bits per heavy atom. The van der Waals surface area contributed by atoms with Crippen LogP contribution in [0.3, 0.4) is 0 Å². The molecule has 2 atom stereocenters. The molecule has 0 aliphatic carbocycles. The van der Waals surface area contributed by atoms with E-state index >= 15 is 0 Å². The number of ether oxygens (including phenoxy) is 1. The molecule has 0 saturated carbocycles. The van der Waals surface area contributed by atoms with E-state index in [4.69, 9.17) is 4.74 Å². The first kappa shape index (κ1) is 22.5. The molecule has 1 N–H and O–H groups in total. The maximum atomic E-state index is 13.5. The summed E-state index contributed by atoms with van der Waals surface area (Å²) in [6.45, 7) is 4.53. The van der Waals surface area contributed by atoms with Gasteiger partial charge in [-0.3, -0.25) is 9.67 Å². The summed E-state index contributed by atoms with van der Waals surface area (Å²) in [6, 6.07) is 4.02. The van der Waals surface area contributed by atoms with E-state index in [0.29, 0.717) is 19.7 Å². The zero-order valence-corrected chi connectivity index (χ0v) is 18.6. The van der Waals surface area contributed by atoms with Gasteiger partial charge in [-0.15, -0.1) is 24.0 Å². The lowest BCUT2D eigenvalue weighted by atomic mass is 10.0. The highest BCUT2D eigenvalue weighted by Crippen LogP contribution is 2.22. The molecule has 28 heavy (non-hydrogen) atoms. The normalized spacial score (nSPS) is 18.5. The van der Waals surface area contributed by atoms with Gasteiger partial charge in [-0.1, -0.05) is 13.0 Å². The highest BCUT2D eigenvalue weighted by atomic mass is 127. The summed E-state index contributed by atoms with van der Waals surface area (Å²) in [4.78, 5) is 6.50. The number of guanidine groups is 1. The second-order valence-electron chi connectivity index (χ2n) is 6.76. The van der Waals surface area contributed by atoms with Crippen LogP contribution in [0.4, 0.5) is 8.78 Å². The number of aromatic nitrogens is 2. The minimum Gasteiger partial charge on any atom is -0.370 e. The van der Waals surface area contributed by atoms with E-state index in [9.17, 15) is 8.78 Å². The number of halogens is 3. The number of nitrogens with one attached hydrogen (secondary N) is 1. The maximum absolute atomic E-state index is 13.5. The average Bonchev–Trinajstić information content (AvgIpc) is 3.11. The molecule has 1 fully saturated rings. The average molecular weight is 505 g/mol. The van der Waals surface area contributed by atoms with Crippen LogP contribution in [0.5, 0.6) is 0 Å². The van der Waals surface area contributed by atoms with Crippen LogP contribution in [-0.2, 0) is 11.8 Å². The summed E-state index contributed by atoms with van der Waals surface area (Å²) in [7, 11) is 3.61. The van der Waals surface area contributed by atoms with Crippen LogP contribution >= 0.6 is 24.0 Å². The number of aryl methyl sites for hydroxylation is 1. The number of morpholine rings is 1. The Labute approximate surface area is 181 Å². The Bertz CT molecular complexity index is 813. The predicted octanol–water partition coefficient (Wildman–Crippen LogP) is 3.07. The van der Waals surface area contributed by atoms with Crippen LogP contribution in [0, 0.1) is 11.6 Å². The van der Waals surface area contributed by atoms with Crippen molar-refractivity contribution < 1.29 is 13.5 Å². The molecule has 2 aromatic rings. The van der Waals surface area contributed by atoms with Crippen LogP contribution in [0.15, 0.2) is 35.6 Å². The molecule has 0 amide bonds. The SMILES string of the molecule is CN=C(NCC(C)c1ccc(F)c(F)c1)N1CCOC(c2cnn(C)c2)C1.I. The van der Waals surface area contributed by atoms with Gasteiger partial charge in [0.25, 0.3) is 0 Å². The first-order chi connectivity index (χ1) is 13.0. The van der Waals surface area contributed by atoms with Gasteiger partial charge >= 0.3 is 0 Å². The van der Waals surface area contributed by atoms with Crippen molar-refractivity contribution in [1.29, 1.82) is 0 Å². The standard InChI is InChI=1S/C19H25F2N5O.HI/c1-13(14-4-5-16(20)17(21)8-14)9-23-19(22-2)26-6-7-27-18(12-26)15-10-24-25(3)11-15;/h4-5,8,10-11,13,18H,6-7,9,12H2,1-3H3,(H,22,23);1H. The molecule has 1 aromatic heterocycles. The van der Waals surface area contributed by atoms with Gasteiger partial charge in [0.2, 0.25) is 0 Å². The minimum absolute atomic E-state index is 0. The van der Waals surface area contributed by atoms with Crippen molar-refractivity contribution in [1.82, 2.24) is 20.0 Å². The third-order valence-corrected chi connectivity index (χ3v) is 4.75. The molecular formula is C19H26F2IN5O. The van der Waals surface area contributed by atoms with E-state index in [1.807, 2.05) is 26.4 Å². The van der Waals surface area contributed by atoms with Crippen LogP contribution < -0.4 is 5.32 Å².